The van der Waals surface area contributed by atoms with Gasteiger partial charge in [0.05, 0.1) is 0 Å². The number of amides is 1. The van der Waals surface area contributed by atoms with Crippen molar-refractivity contribution in [1.29, 1.82) is 0 Å². The lowest BCUT2D eigenvalue weighted by Gasteiger charge is -2.32. The molecule has 1 amide bonds. The van der Waals surface area contributed by atoms with Crippen LogP contribution in [0.3, 0.4) is 0 Å². The Morgan fingerprint density at radius 1 is 1.26 bits per heavy atom. The van der Waals surface area contributed by atoms with Crippen LogP contribution in [-0.4, -0.2) is 25.8 Å². The van der Waals surface area contributed by atoms with Crippen LogP contribution < -0.4 is 20.1 Å². The third-order valence-electron chi connectivity index (χ3n) is 3.89. The standard InChI is InChI=1S/C14H18N2O3/c1-14(4-6-15-7-5-14)13(17)16-10-2-3-11-12(8-10)19-9-18-11/h2-3,8,15H,4-7,9H2,1H3,(H,16,17). The average Bonchev–Trinajstić information content (AvgIpc) is 2.87. The Morgan fingerprint density at radius 2 is 2.00 bits per heavy atom. The number of fused-ring (bicyclic) bond motifs is 1. The van der Waals surface area contributed by atoms with Gasteiger partial charge < -0.3 is 20.1 Å². The van der Waals surface area contributed by atoms with E-state index in [9.17, 15) is 4.79 Å². The number of benzene rings is 1. The zero-order valence-corrected chi connectivity index (χ0v) is 11.0. The fourth-order valence-electron chi connectivity index (χ4n) is 2.46. The molecule has 1 fully saturated rings. The number of rotatable bonds is 2. The molecule has 0 saturated carbocycles. The zero-order valence-electron chi connectivity index (χ0n) is 11.0. The van der Waals surface area contributed by atoms with Crippen molar-refractivity contribution in [3.63, 3.8) is 0 Å². The topological polar surface area (TPSA) is 59.6 Å². The Hall–Kier alpha value is -1.75. The minimum Gasteiger partial charge on any atom is -0.454 e. The maximum Gasteiger partial charge on any atom is 0.231 e. The summed E-state index contributed by atoms with van der Waals surface area (Å²) in [5, 5.41) is 6.26. The summed E-state index contributed by atoms with van der Waals surface area (Å²) in [5.41, 5.74) is 0.468. The maximum absolute atomic E-state index is 12.4. The molecule has 1 aromatic carbocycles. The third kappa shape index (κ3) is 2.38. The first-order chi connectivity index (χ1) is 9.17. The summed E-state index contributed by atoms with van der Waals surface area (Å²) in [6.07, 6.45) is 1.73. The van der Waals surface area contributed by atoms with Gasteiger partial charge >= 0.3 is 0 Å². The fourth-order valence-corrected chi connectivity index (χ4v) is 2.46. The summed E-state index contributed by atoms with van der Waals surface area (Å²) in [6, 6.07) is 5.48. The third-order valence-corrected chi connectivity index (χ3v) is 3.89. The summed E-state index contributed by atoms with van der Waals surface area (Å²) >= 11 is 0. The molecule has 5 nitrogen and oxygen atoms in total. The lowest BCUT2D eigenvalue weighted by Crippen LogP contribution is -2.42. The molecule has 0 bridgehead atoms. The van der Waals surface area contributed by atoms with Gasteiger partial charge in [-0.15, -0.1) is 0 Å². The number of nitrogens with one attached hydrogen (secondary N) is 2. The van der Waals surface area contributed by atoms with Crippen molar-refractivity contribution in [2.75, 3.05) is 25.2 Å². The minimum atomic E-state index is -0.290. The molecular weight excluding hydrogens is 244 g/mol. The van der Waals surface area contributed by atoms with Crippen molar-refractivity contribution in [3.05, 3.63) is 18.2 Å². The van der Waals surface area contributed by atoms with E-state index < -0.39 is 0 Å². The molecule has 0 aliphatic carbocycles. The van der Waals surface area contributed by atoms with E-state index in [0.29, 0.717) is 5.75 Å². The van der Waals surface area contributed by atoms with Crippen molar-refractivity contribution in [1.82, 2.24) is 5.32 Å². The molecule has 0 aromatic heterocycles. The van der Waals surface area contributed by atoms with Gasteiger partial charge in [0.1, 0.15) is 0 Å². The van der Waals surface area contributed by atoms with Crippen molar-refractivity contribution < 1.29 is 14.3 Å². The molecule has 1 saturated heterocycles. The molecule has 3 rings (SSSR count). The molecule has 5 heteroatoms. The van der Waals surface area contributed by atoms with Gasteiger partial charge in [-0.25, -0.2) is 0 Å². The highest BCUT2D eigenvalue weighted by atomic mass is 16.7. The number of ether oxygens (including phenoxy) is 2. The first-order valence-corrected chi connectivity index (χ1v) is 6.59. The Balaban J connectivity index is 1.72. The lowest BCUT2D eigenvalue weighted by atomic mass is 9.80. The van der Waals surface area contributed by atoms with Crippen molar-refractivity contribution in [2.24, 2.45) is 5.41 Å². The van der Waals surface area contributed by atoms with Gasteiger partial charge in [-0.1, -0.05) is 6.92 Å². The van der Waals surface area contributed by atoms with E-state index in [2.05, 4.69) is 10.6 Å². The zero-order chi connectivity index (χ0) is 13.3. The Kier molecular flexibility index (Phi) is 3.06. The van der Waals surface area contributed by atoms with Crippen LogP contribution in [0.4, 0.5) is 5.69 Å². The lowest BCUT2D eigenvalue weighted by molar-refractivity contribution is -0.126. The van der Waals surface area contributed by atoms with Crippen molar-refractivity contribution >= 4 is 11.6 Å². The monoisotopic (exact) mass is 262 g/mol. The maximum atomic E-state index is 12.4. The number of hydrogen-bond donors (Lipinski definition) is 2. The average molecular weight is 262 g/mol. The van der Waals surface area contributed by atoms with Crippen molar-refractivity contribution in [3.8, 4) is 11.5 Å². The SMILES string of the molecule is CC1(C(=O)Nc2ccc3c(c2)OCO3)CCNCC1. The van der Waals surface area contributed by atoms with Gasteiger partial charge in [0, 0.05) is 17.2 Å². The highest BCUT2D eigenvalue weighted by Crippen LogP contribution is 2.35. The molecule has 0 unspecified atom stereocenters. The van der Waals surface area contributed by atoms with Crippen LogP contribution in [0.25, 0.3) is 0 Å². The van der Waals surface area contributed by atoms with Crippen LogP contribution in [-0.2, 0) is 4.79 Å². The first kappa shape index (κ1) is 12.3. The molecule has 102 valence electrons. The van der Waals surface area contributed by atoms with E-state index in [-0.39, 0.29) is 18.1 Å². The van der Waals surface area contributed by atoms with E-state index in [4.69, 9.17) is 9.47 Å². The molecule has 2 aliphatic heterocycles. The largest absolute Gasteiger partial charge is 0.454 e. The number of piperidine rings is 1. The second-order valence-corrected chi connectivity index (χ2v) is 5.33. The summed E-state index contributed by atoms with van der Waals surface area (Å²) in [6.45, 7) is 4.06. The summed E-state index contributed by atoms with van der Waals surface area (Å²) in [5.74, 6) is 1.49. The molecule has 1 aromatic rings. The van der Waals surface area contributed by atoms with E-state index in [1.807, 2.05) is 25.1 Å². The number of carbonyl (C=O) groups is 1. The fraction of sp³-hybridized carbons (Fsp3) is 0.500. The van der Waals surface area contributed by atoms with Gasteiger partial charge in [-0.05, 0) is 38.1 Å². The van der Waals surface area contributed by atoms with Gasteiger partial charge in [-0.2, -0.15) is 0 Å². The second kappa shape index (κ2) is 4.74. The quantitative estimate of drug-likeness (QED) is 0.852. The van der Waals surface area contributed by atoms with E-state index >= 15 is 0 Å². The minimum absolute atomic E-state index is 0.0767. The van der Waals surface area contributed by atoms with Gasteiger partial charge in [-0.3, -0.25) is 4.79 Å². The predicted octanol–water partition coefficient (Wildman–Crippen LogP) is 1.74. The number of carbonyl (C=O) groups excluding carboxylic acids is 1. The summed E-state index contributed by atoms with van der Waals surface area (Å²) < 4.78 is 10.6. The van der Waals surface area contributed by atoms with Crippen LogP contribution in [0.15, 0.2) is 18.2 Å². The second-order valence-electron chi connectivity index (χ2n) is 5.33. The van der Waals surface area contributed by atoms with Crippen LogP contribution >= 0.6 is 0 Å². The molecule has 0 atom stereocenters. The van der Waals surface area contributed by atoms with Gasteiger partial charge in [0.2, 0.25) is 12.7 Å². The van der Waals surface area contributed by atoms with Gasteiger partial charge in [0.15, 0.2) is 11.5 Å². The van der Waals surface area contributed by atoms with E-state index in [1.54, 1.807) is 0 Å². The molecule has 2 heterocycles. The molecule has 0 radical (unpaired) electrons. The highest BCUT2D eigenvalue weighted by molar-refractivity contribution is 5.95. The number of anilines is 1. The summed E-state index contributed by atoms with van der Waals surface area (Å²) in [4.78, 5) is 12.4. The molecular formula is C14H18N2O3. The first-order valence-electron chi connectivity index (χ1n) is 6.59. The van der Waals surface area contributed by atoms with Crippen molar-refractivity contribution in [2.45, 2.75) is 19.8 Å². The predicted molar refractivity (Wildman–Crippen MR) is 71.4 cm³/mol. The van der Waals surface area contributed by atoms with Crippen LogP contribution in [0.1, 0.15) is 19.8 Å². The molecule has 0 spiro atoms. The molecule has 2 aliphatic rings. The van der Waals surface area contributed by atoms with Crippen LogP contribution in [0, 0.1) is 5.41 Å². The van der Waals surface area contributed by atoms with E-state index in [1.165, 1.54) is 0 Å². The molecule has 19 heavy (non-hydrogen) atoms. The normalized spacial score (nSPS) is 20.1. The Bertz CT molecular complexity index is 495. The highest BCUT2D eigenvalue weighted by Gasteiger charge is 2.34. The van der Waals surface area contributed by atoms with Gasteiger partial charge in [0.25, 0.3) is 0 Å². The molecule has 2 N–H and O–H groups in total. The van der Waals surface area contributed by atoms with Crippen LogP contribution in [0.2, 0.25) is 0 Å². The van der Waals surface area contributed by atoms with E-state index in [0.717, 1.165) is 37.4 Å². The summed E-state index contributed by atoms with van der Waals surface area (Å²) in [7, 11) is 0. The number of hydrogen-bond acceptors (Lipinski definition) is 4. The van der Waals surface area contributed by atoms with Crippen LogP contribution in [0.5, 0.6) is 11.5 Å². The smallest absolute Gasteiger partial charge is 0.231 e. The Labute approximate surface area is 112 Å². The Morgan fingerprint density at radius 3 is 2.79 bits per heavy atom.